The van der Waals surface area contributed by atoms with Crippen LogP contribution in [0.5, 0.6) is 0 Å². The smallest absolute Gasteiger partial charge is 0.265 e. The van der Waals surface area contributed by atoms with Crippen LogP contribution >= 0.6 is 23.1 Å². The lowest BCUT2D eigenvalue weighted by Crippen LogP contribution is -2.39. The van der Waals surface area contributed by atoms with Crippen LogP contribution in [0.4, 0.5) is 11.4 Å². The molecule has 0 saturated carbocycles. The highest BCUT2D eigenvalue weighted by Crippen LogP contribution is 2.46. The van der Waals surface area contributed by atoms with E-state index >= 15 is 0 Å². The molecule has 4 heterocycles. The first-order valence-corrected chi connectivity index (χ1v) is 27.7. The zero-order valence-corrected chi connectivity index (χ0v) is 47.3. The Morgan fingerprint density at radius 1 is 0.934 bits per heavy atom. The molecule has 0 unspecified atom stereocenters. The van der Waals surface area contributed by atoms with Crippen molar-refractivity contribution in [2.24, 2.45) is 11.5 Å². The van der Waals surface area contributed by atoms with Gasteiger partial charge in [0.25, 0.3) is 5.91 Å². The van der Waals surface area contributed by atoms with Crippen LogP contribution in [-0.4, -0.2) is 81.0 Å². The highest BCUT2D eigenvalue weighted by atomic mass is 32.2. The van der Waals surface area contributed by atoms with Crippen molar-refractivity contribution < 1.29 is 9.59 Å². The number of aromatic nitrogens is 1. The SMILES string of the molecule is C/C=C(\S/C(=C/Cc1cc(N(CC)CCN)ccc1C)C(C)=O)c1ccc(N)cc1.C1CNCCN1.CC1(C)c2cc(-c3ccc(C#N)cc3)sc2C(=O)N1Cc1ccccn1.CCc1ccccc1/C(=C/NC)CN. The number of carbonyl (C=O) groups is 2. The van der Waals surface area contributed by atoms with Crippen LogP contribution in [0.15, 0.2) is 145 Å². The number of carbonyl (C=O) groups excluding carboxylic acids is 2. The number of ketones is 1. The lowest BCUT2D eigenvalue weighted by molar-refractivity contribution is -0.112. The fourth-order valence-electron chi connectivity index (χ4n) is 8.68. The van der Waals surface area contributed by atoms with E-state index in [0.717, 1.165) is 98.9 Å². The monoisotopic (exact) mass is 1060 g/mol. The molecule has 2 aliphatic heterocycles. The number of thioether (sulfide) groups is 1. The molecule has 2 aromatic heterocycles. The number of rotatable bonds is 17. The van der Waals surface area contributed by atoms with E-state index in [1.54, 1.807) is 25.3 Å². The molecule has 1 amide bonds. The molecule has 6 aromatic rings. The van der Waals surface area contributed by atoms with Crippen molar-refractivity contribution in [3.63, 3.8) is 0 Å². The van der Waals surface area contributed by atoms with E-state index < -0.39 is 0 Å². The summed E-state index contributed by atoms with van der Waals surface area (Å²) in [5.74, 6) is 0.127. The fraction of sp³-hybridized carbons (Fsp3) is 0.323. The summed E-state index contributed by atoms with van der Waals surface area (Å²) in [5.41, 5.74) is 29.6. The second kappa shape index (κ2) is 30.7. The van der Waals surface area contributed by atoms with E-state index in [2.05, 4.69) is 109 Å². The Kier molecular flexibility index (Phi) is 24.2. The van der Waals surface area contributed by atoms with Crippen LogP contribution in [0.1, 0.15) is 95.9 Å². The van der Waals surface area contributed by atoms with Gasteiger partial charge in [0.05, 0.1) is 39.2 Å². The number of piperazine rings is 1. The Balaban J connectivity index is 0.000000209. The summed E-state index contributed by atoms with van der Waals surface area (Å²) in [6.45, 7) is 22.2. The standard InChI is InChI=1S/C25H33N3OS.C21H17N3OS.C12H18N2.C4H10N2/c1-5-24(20-8-11-22(27)12-9-20)30-25(19(4)29)14-10-21-17-23(13-7-18(21)3)28(6-2)16-15-26;1-21(2)17-11-18(15-8-6-14(12-22)7-9-15)26-19(17)20(25)24(21)13-16-5-3-4-10-23-16;1-3-10-6-4-5-7-12(10)11(8-13)9-14-2;1-2-6-4-3-5-1/h5,7-9,11-14,17H,6,10,15-16,26-27H2,1-4H3;3-11H,13H2,1-2H3;4-7,9,14H,3,8,13H2,1-2H3;5-6H,1-4H2/b24-5-,25-14+;;11-9+;. The molecule has 1 fully saturated rings. The molecule has 0 bridgehead atoms. The molecule has 14 heteroatoms. The number of nitriles is 1. The van der Waals surface area contributed by atoms with Crippen LogP contribution in [0.25, 0.3) is 20.9 Å². The van der Waals surface area contributed by atoms with Crippen molar-refractivity contribution in [2.75, 3.05) is 70.0 Å². The number of Topliss-reactive ketones (excluding diaryl/α,β-unsaturated/α-hetero) is 1. The molecule has 12 nitrogen and oxygen atoms in total. The third kappa shape index (κ3) is 16.8. The van der Waals surface area contributed by atoms with Crippen LogP contribution in [0, 0.1) is 18.3 Å². The van der Waals surface area contributed by atoms with Crippen molar-refractivity contribution >= 4 is 56.6 Å². The number of anilines is 2. The van der Waals surface area contributed by atoms with Crippen molar-refractivity contribution in [3.05, 3.63) is 194 Å². The Labute approximate surface area is 460 Å². The summed E-state index contributed by atoms with van der Waals surface area (Å²) in [7, 11) is 1.89. The highest BCUT2D eigenvalue weighted by Gasteiger charge is 2.44. The summed E-state index contributed by atoms with van der Waals surface area (Å²) in [4.78, 5) is 37.5. The molecule has 4 aromatic carbocycles. The maximum absolute atomic E-state index is 13.0. The van der Waals surface area contributed by atoms with Crippen LogP contribution in [0.3, 0.4) is 0 Å². The minimum absolute atomic E-state index is 0.0561. The number of amides is 1. The van der Waals surface area contributed by atoms with Crippen LogP contribution in [-0.2, 0) is 29.7 Å². The summed E-state index contributed by atoms with van der Waals surface area (Å²) < 4.78 is 0. The number of fused-ring (bicyclic) bond motifs is 1. The summed E-state index contributed by atoms with van der Waals surface area (Å²) in [6.07, 6.45) is 9.54. The Bertz CT molecular complexity index is 2920. The topological polar surface area (TPSA) is 191 Å². The van der Waals surface area contributed by atoms with Gasteiger partial charge in [0, 0.05) is 98.5 Å². The Morgan fingerprint density at radius 2 is 1.62 bits per heavy atom. The van der Waals surface area contributed by atoms with Gasteiger partial charge >= 0.3 is 0 Å². The molecule has 400 valence electrons. The maximum atomic E-state index is 13.0. The van der Waals surface area contributed by atoms with E-state index in [9.17, 15) is 9.59 Å². The first-order valence-electron chi connectivity index (χ1n) is 26.1. The van der Waals surface area contributed by atoms with Gasteiger partial charge < -0.3 is 43.0 Å². The van der Waals surface area contributed by atoms with Gasteiger partial charge in [0.15, 0.2) is 5.78 Å². The molecule has 0 spiro atoms. The van der Waals surface area contributed by atoms with Gasteiger partial charge in [0.1, 0.15) is 0 Å². The third-order valence-electron chi connectivity index (χ3n) is 13.1. The van der Waals surface area contributed by atoms with Crippen LogP contribution < -0.4 is 38.1 Å². The number of nitrogens with zero attached hydrogens (tertiary/aromatic N) is 4. The summed E-state index contributed by atoms with van der Waals surface area (Å²) in [6, 6.07) is 40.1. The number of nitrogens with one attached hydrogen (secondary N) is 3. The number of hydrogen-bond donors (Lipinski definition) is 6. The van der Waals surface area contributed by atoms with Gasteiger partial charge in [-0.1, -0.05) is 91.5 Å². The number of aryl methyl sites for hydroxylation is 2. The molecule has 1 saturated heterocycles. The maximum Gasteiger partial charge on any atom is 0.265 e. The summed E-state index contributed by atoms with van der Waals surface area (Å²) in [5, 5.41) is 18.4. The van der Waals surface area contributed by atoms with Crippen molar-refractivity contribution in [1.29, 1.82) is 5.26 Å². The van der Waals surface area contributed by atoms with Gasteiger partial charge in [-0.15, -0.1) is 11.3 Å². The van der Waals surface area contributed by atoms with E-state index in [4.69, 9.17) is 22.5 Å². The number of likely N-dealkylation sites (N-methyl/N-ethyl adjacent to an activating group) is 1. The van der Waals surface area contributed by atoms with Gasteiger partial charge in [-0.3, -0.25) is 14.6 Å². The molecule has 0 radical (unpaired) electrons. The largest absolute Gasteiger partial charge is 0.399 e. The fourth-order valence-corrected chi connectivity index (χ4v) is 10.9. The Morgan fingerprint density at radius 3 is 2.17 bits per heavy atom. The van der Waals surface area contributed by atoms with Gasteiger partial charge in [0.2, 0.25) is 0 Å². The molecule has 0 atom stereocenters. The van der Waals surface area contributed by atoms with Crippen LogP contribution in [0.2, 0.25) is 0 Å². The summed E-state index contributed by atoms with van der Waals surface area (Å²) >= 11 is 3.03. The zero-order valence-electron chi connectivity index (χ0n) is 45.7. The quantitative estimate of drug-likeness (QED) is 0.0375. The first-order chi connectivity index (χ1) is 36.7. The van der Waals surface area contributed by atoms with E-state index in [-0.39, 0.29) is 17.2 Å². The first kappa shape index (κ1) is 60.0. The van der Waals surface area contributed by atoms with Gasteiger partial charge in [-0.05, 0) is 148 Å². The number of benzene rings is 4. The predicted molar refractivity (Wildman–Crippen MR) is 322 cm³/mol. The lowest BCUT2D eigenvalue weighted by atomic mass is 9.96. The van der Waals surface area contributed by atoms with Crippen molar-refractivity contribution in [1.82, 2.24) is 25.8 Å². The molecular formula is C62H78N10O2S2. The van der Waals surface area contributed by atoms with E-state index in [1.807, 2.05) is 97.9 Å². The zero-order chi connectivity index (χ0) is 55.0. The van der Waals surface area contributed by atoms with E-state index in [1.165, 1.54) is 51.0 Å². The molecule has 2 aliphatic rings. The number of nitrogen functional groups attached to an aromatic ring is 1. The minimum atomic E-state index is -0.384. The second-order valence-corrected chi connectivity index (χ2v) is 20.8. The number of nitrogens with two attached hydrogens (primary N) is 3. The van der Waals surface area contributed by atoms with Crippen molar-refractivity contribution in [2.45, 2.75) is 73.4 Å². The van der Waals surface area contributed by atoms with Gasteiger partial charge in [-0.25, -0.2) is 0 Å². The molecule has 8 rings (SSSR count). The van der Waals surface area contributed by atoms with Gasteiger partial charge in [-0.2, -0.15) is 5.26 Å². The number of pyridine rings is 1. The second-order valence-electron chi connectivity index (χ2n) is 18.7. The predicted octanol–water partition coefficient (Wildman–Crippen LogP) is 10.7. The van der Waals surface area contributed by atoms with Crippen molar-refractivity contribution in [3.8, 4) is 16.5 Å². The Hall–Kier alpha value is -6.83. The molecule has 0 aliphatic carbocycles. The number of thiophene rings is 1. The molecule has 9 N–H and O–H groups in total. The normalized spacial score (nSPS) is 13.9. The number of allylic oxidation sites excluding steroid dienone is 3. The number of hydrogen-bond acceptors (Lipinski definition) is 13. The highest BCUT2D eigenvalue weighted by molar-refractivity contribution is 8.12. The third-order valence-corrected chi connectivity index (χ3v) is 15.6. The minimum Gasteiger partial charge on any atom is -0.399 e. The van der Waals surface area contributed by atoms with E-state index in [0.29, 0.717) is 31.6 Å². The molecular weight excluding hydrogens is 981 g/mol. The molecule has 76 heavy (non-hydrogen) atoms. The lowest BCUT2D eigenvalue weighted by Gasteiger charge is -2.32. The average molecular weight is 1060 g/mol. The average Bonchev–Trinajstić information content (AvgIpc) is 4.02.